The Kier molecular flexibility index (Phi) is 8.64. The van der Waals surface area contributed by atoms with Gasteiger partial charge in [0.05, 0.1) is 12.0 Å². The Balaban J connectivity index is 1.73. The summed E-state index contributed by atoms with van der Waals surface area (Å²) in [7, 11) is 3.82. The summed E-state index contributed by atoms with van der Waals surface area (Å²) in [6.07, 6.45) is 0.178. The number of nitrogens with zero attached hydrogens (tertiary/aromatic N) is 1. The van der Waals surface area contributed by atoms with Crippen LogP contribution in [0.1, 0.15) is 15.9 Å². The normalized spacial score (nSPS) is 10.4. The van der Waals surface area contributed by atoms with Crippen molar-refractivity contribution >= 4 is 23.6 Å². The standard InChI is InChI=1S/C21H26N4O5/c1-25(2)11-12-28-19(26)13-15-3-9-18(10-4-15)29-14-30-20(27)16-5-7-17(8-6-16)24-21(22)23/h3-10H,11-14H2,1-2H3,(H4,22,23,24). The van der Waals surface area contributed by atoms with Crippen molar-refractivity contribution < 1.29 is 23.8 Å². The first-order chi connectivity index (χ1) is 14.3. The molecule has 2 aromatic carbocycles. The first-order valence-electron chi connectivity index (χ1n) is 9.24. The third-order valence-electron chi connectivity index (χ3n) is 3.89. The van der Waals surface area contributed by atoms with E-state index in [2.05, 4.69) is 5.32 Å². The molecule has 9 nitrogen and oxygen atoms in total. The maximum absolute atomic E-state index is 12.0. The average molecular weight is 414 g/mol. The minimum absolute atomic E-state index is 0.178. The van der Waals surface area contributed by atoms with Crippen LogP contribution in [0.25, 0.3) is 0 Å². The molecule has 0 aliphatic carbocycles. The topological polar surface area (TPSA) is 127 Å². The number of likely N-dealkylation sites (N-methyl/N-ethyl adjacent to an activating group) is 1. The summed E-state index contributed by atoms with van der Waals surface area (Å²) in [5.41, 5.74) is 6.98. The lowest BCUT2D eigenvalue weighted by molar-refractivity contribution is -0.143. The summed E-state index contributed by atoms with van der Waals surface area (Å²) < 4.78 is 15.6. The molecule has 0 aliphatic heterocycles. The predicted molar refractivity (Wildman–Crippen MR) is 113 cm³/mol. The van der Waals surface area contributed by atoms with Crippen LogP contribution >= 0.6 is 0 Å². The monoisotopic (exact) mass is 414 g/mol. The zero-order valence-electron chi connectivity index (χ0n) is 17.0. The fraction of sp³-hybridized carbons (Fsp3) is 0.286. The lowest BCUT2D eigenvalue weighted by atomic mass is 10.1. The largest absolute Gasteiger partial charge is 0.464 e. The van der Waals surface area contributed by atoms with Gasteiger partial charge in [0.1, 0.15) is 12.4 Å². The number of esters is 2. The first-order valence-corrected chi connectivity index (χ1v) is 9.24. The SMILES string of the molecule is CN(C)CCOC(=O)Cc1ccc(OCOC(=O)c2ccc(NC(=N)N)cc2)cc1. The number of rotatable bonds is 10. The molecular weight excluding hydrogens is 388 g/mol. The number of carbonyl (C=O) groups is 2. The lowest BCUT2D eigenvalue weighted by Crippen LogP contribution is -2.20. The van der Waals surface area contributed by atoms with Crippen molar-refractivity contribution in [3.8, 4) is 5.75 Å². The molecule has 0 fully saturated rings. The van der Waals surface area contributed by atoms with Crippen molar-refractivity contribution in [2.75, 3.05) is 39.4 Å². The molecule has 0 amide bonds. The van der Waals surface area contributed by atoms with Crippen LogP contribution in [0.2, 0.25) is 0 Å². The lowest BCUT2D eigenvalue weighted by Gasteiger charge is -2.10. The molecule has 0 aliphatic rings. The van der Waals surface area contributed by atoms with Gasteiger partial charge >= 0.3 is 11.9 Å². The van der Waals surface area contributed by atoms with Crippen molar-refractivity contribution in [3.63, 3.8) is 0 Å². The third kappa shape index (κ3) is 8.19. The van der Waals surface area contributed by atoms with Crippen LogP contribution in [0.4, 0.5) is 5.69 Å². The maximum atomic E-state index is 12.0. The summed E-state index contributed by atoms with van der Waals surface area (Å²) in [6.45, 7) is 0.781. The van der Waals surface area contributed by atoms with Gasteiger partial charge in [-0.25, -0.2) is 4.79 Å². The second-order valence-electron chi connectivity index (χ2n) is 6.65. The van der Waals surface area contributed by atoms with Crippen molar-refractivity contribution in [3.05, 3.63) is 59.7 Å². The Morgan fingerprint density at radius 1 is 1.03 bits per heavy atom. The van der Waals surface area contributed by atoms with Crippen LogP contribution < -0.4 is 15.8 Å². The summed E-state index contributed by atoms with van der Waals surface area (Å²) >= 11 is 0. The van der Waals surface area contributed by atoms with E-state index in [-0.39, 0.29) is 25.1 Å². The molecule has 0 bridgehead atoms. The molecule has 0 radical (unpaired) electrons. The number of anilines is 1. The Morgan fingerprint density at radius 3 is 2.30 bits per heavy atom. The Labute approximate surface area is 175 Å². The van der Waals surface area contributed by atoms with Crippen molar-refractivity contribution in [2.45, 2.75) is 6.42 Å². The minimum atomic E-state index is -0.540. The van der Waals surface area contributed by atoms with Gasteiger partial charge in [-0.1, -0.05) is 12.1 Å². The number of hydrogen-bond donors (Lipinski definition) is 3. The van der Waals surface area contributed by atoms with Gasteiger partial charge in [-0.05, 0) is 56.1 Å². The van der Waals surface area contributed by atoms with Crippen molar-refractivity contribution in [1.29, 1.82) is 5.41 Å². The van der Waals surface area contributed by atoms with E-state index >= 15 is 0 Å². The number of nitrogens with two attached hydrogens (primary N) is 1. The molecular formula is C21H26N4O5. The Hall–Kier alpha value is -3.59. The molecule has 0 atom stereocenters. The highest BCUT2D eigenvalue weighted by atomic mass is 16.7. The highest BCUT2D eigenvalue weighted by Crippen LogP contribution is 2.14. The zero-order chi connectivity index (χ0) is 21.9. The van der Waals surface area contributed by atoms with Gasteiger partial charge < -0.3 is 30.2 Å². The van der Waals surface area contributed by atoms with Crippen LogP contribution in [0.15, 0.2) is 48.5 Å². The molecule has 30 heavy (non-hydrogen) atoms. The average Bonchev–Trinajstić information content (AvgIpc) is 2.69. The molecule has 0 saturated carbocycles. The van der Waals surface area contributed by atoms with Gasteiger partial charge in [-0.2, -0.15) is 0 Å². The molecule has 160 valence electrons. The number of hydrogen-bond acceptors (Lipinski definition) is 7. The quantitative estimate of drug-likeness (QED) is 0.233. The van der Waals surface area contributed by atoms with Gasteiger partial charge in [0.15, 0.2) is 5.96 Å². The molecule has 2 rings (SSSR count). The summed E-state index contributed by atoms with van der Waals surface area (Å²) in [5, 5.41) is 9.78. The Morgan fingerprint density at radius 2 is 1.70 bits per heavy atom. The number of nitrogens with one attached hydrogen (secondary N) is 2. The van der Waals surface area contributed by atoms with Gasteiger partial charge in [-0.3, -0.25) is 10.2 Å². The van der Waals surface area contributed by atoms with Crippen LogP contribution in [-0.2, 0) is 20.7 Å². The van der Waals surface area contributed by atoms with Crippen molar-refractivity contribution in [1.82, 2.24) is 4.90 Å². The highest BCUT2D eigenvalue weighted by Gasteiger charge is 2.08. The maximum Gasteiger partial charge on any atom is 0.340 e. The fourth-order valence-corrected chi connectivity index (χ4v) is 2.34. The van der Waals surface area contributed by atoms with Crippen LogP contribution in [0.5, 0.6) is 5.75 Å². The molecule has 0 unspecified atom stereocenters. The van der Waals surface area contributed by atoms with Gasteiger partial charge in [0, 0.05) is 12.2 Å². The van der Waals surface area contributed by atoms with Crippen molar-refractivity contribution in [2.24, 2.45) is 5.73 Å². The summed E-state index contributed by atoms with van der Waals surface area (Å²) in [6, 6.07) is 13.2. The number of benzene rings is 2. The summed E-state index contributed by atoms with van der Waals surface area (Å²) in [5.74, 6) is -0.509. The molecule has 0 spiro atoms. The van der Waals surface area contributed by atoms with E-state index in [1.165, 1.54) is 0 Å². The van der Waals surface area contributed by atoms with Gasteiger partial charge in [-0.15, -0.1) is 0 Å². The minimum Gasteiger partial charge on any atom is -0.464 e. The van der Waals surface area contributed by atoms with E-state index in [9.17, 15) is 9.59 Å². The second kappa shape index (κ2) is 11.4. The van der Waals surface area contributed by atoms with E-state index in [4.69, 9.17) is 25.4 Å². The van der Waals surface area contributed by atoms with E-state index in [0.717, 1.165) is 5.56 Å². The number of guanidine groups is 1. The first kappa shape index (κ1) is 22.7. The van der Waals surface area contributed by atoms with Crippen LogP contribution in [-0.4, -0.2) is 56.8 Å². The predicted octanol–water partition coefficient (Wildman–Crippen LogP) is 1.83. The smallest absolute Gasteiger partial charge is 0.340 e. The molecule has 0 saturated heterocycles. The molecule has 0 aromatic heterocycles. The van der Waals surface area contributed by atoms with E-state index in [1.807, 2.05) is 19.0 Å². The number of ether oxygens (including phenoxy) is 3. The molecule has 0 heterocycles. The van der Waals surface area contributed by atoms with E-state index in [0.29, 0.717) is 30.2 Å². The highest BCUT2D eigenvalue weighted by molar-refractivity contribution is 5.92. The van der Waals surface area contributed by atoms with E-state index < -0.39 is 5.97 Å². The Bertz CT molecular complexity index is 851. The second-order valence-corrected chi connectivity index (χ2v) is 6.65. The van der Waals surface area contributed by atoms with Gasteiger partial charge in [0.2, 0.25) is 6.79 Å². The van der Waals surface area contributed by atoms with E-state index in [1.54, 1.807) is 48.5 Å². The molecule has 2 aromatic rings. The zero-order valence-corrected chi connectivity index (χ0v) is 17.0. The van der Waals surface area contributed by atoms with Gasteiger partial charge in [0.25, 0.3) is 0 Å². The van der Waals surface area contributed by atoms with Crippen LogP contribution in [0, 0.1) is 5.41 Å². The molecule has 9 heteroatoms. The fourth-order valence-electron chi connectivity index (χ4n) is 2.34. The third-order valence-corrected chi connectivity index (χ3v) is 3.89. The van der Waals surface area contributed by atoms with Crippen LogP contribution in [0.3, 0.4) is 0 Å². The summed E-state index contributed by atoms with van der Waals surface area (Å²) in [4.78, 5) is 25.7. The molecule has 4 N–H and O–H groups in total. The number of carbonyl (C=O) groups excluding carboxylic acids is 2.